The van der Waals surface area contributed by atoms with E-state index in [4.69, 9.17) is 4.74 Å². The predicted molar refractivity (Wildman–Crippen MR) is 66.4 cm³/mol. The fraction of sp³-hybridized carbons (Fsp3) is 1.00. The van der Waals surface area contributed by atoms with Gasteiger partial charge in [-0.15, -0.1) is 0 Å². The van der Waals surface area contributed by atoms with Crippen molar-refractivity contribution < 1.29 is 4.74 Å². The lowest BCUT2D eigenvalue weighted by Crippen LogP contribution is -2.35. The minimum absolute atomic E-state index is 0.349. The molecule has 92 valence electrons. The first-order valence-electron chi connectivity index (χ1n) is 6.12. The zero-order chi connectivity index (χ0) is 11.7. The highest BCUT2D eigenvalue weighted by atomic mass is 16.5. The molecule has 3 nitrogen and oxygen atoms in total. The third kappa shape index (κ3) is 8.85. The maximum absolute atomic E-state index is 5.55. The highest BCUT2D eigenvalue weighted by Crippen LogP contribution is 1.93. The molecular weight excluding hydrogens is 188 g/mol. The second-order valence-corrected chi connectivity index (χ2v) is 4.25. The minimum atomic E-state index is 0.349. The molecule has 0 atom stereocenters. The smallest absolute Gasteiger partial charge is 0.0596 e. The Morgan fingerprint density at radius 3 is 2.13 bits per heavy atom. The first-order chi connectivity index (χ1) is 7.10. The van der Waals surface area contributed by atoms with E-state index in [0.29, 0.717) is 6.10 Å². The molecule has 0 rings (SSSR count). The van der Waals surface area contributed by atoms with Crippen LogP contribution in [0.2, 0.25) is 0 Å². The summed E-state index contributed by atoms with van der Waals surface area (Å²) in [7, 11) is 2.17. The highest BCUT2D eigenvalue weighted by Gasteiger charge is 2.04. The second-order valence-electron chi connectivity index (χ2n) is 4.25. The Balaban J connectivity index is 3.54. The molecule has 0 aliphatic rings. The normalized spacial score (nSPS) is 12.0. The molecule has 3 heteroatoms. The van der Waals surface area contributed by atoms with Crippen molar-refractivity contribution in [3.8, 4) is 0 Å². The molecule has 0 radical (unpaired) electrons. The molecule has 0 N–H and O–H groups in total. The SMILES string of the molecule is CCN(C)CCN(CC)CCOC(C)C. The molecule has 0 saturated carbocycles. The molecule has 0 saturated heterocycles. The second kappa shape index (κ2) is 9.13. The van der Waals surface area contributed by atoms with Gasteiger partial charge >= 0.3 is 0 Å². The van der Waals surface area contributed by atoms with Gasteiger partial charge in [-0.05, 0) is 34.0 Å². The topological polar surface area (TPSA) is 15.7 Å². The quantitative estimate of drug-likeness (QED) is 0.583. The van der Waals surface area contributed by atoms with Crippen LogP contribution in [0.4, 0.5) is 0 Å². The average Bonchev–Trinajstić information content (AvgIpc) is 2.22. The Labute approximate surface area is 95.4 Å². The van der Waals surface area contributed by atoms with Crippen molar-refractivity contribution in [2.75, 3.05) is 46.4 Å². The first-order valence-corrected chi connectivity index (χ1v) is 6.12. The van der Waals surface area contributed by atoms with E-state index in [1.807, 2.05) is 0 Å². The van der Waals surface area contributed by atoms with Crippen LogP contribution >= 0.6 is 0 Å². The molecule has 0 heterocycles. The maximum atomic E-state index is 5.55. The van der Waals surface area contributed by atoms with Crippen molar-refractivity contribution in [1.29, 1.82) is 0 Å². The van der Waals surface area contributed by atoms with E-state index in [9.17, 15) is 0 Å². The van der Waals surface area contributed by atoms with Gasteiger partial charge in [0.2, 0.25) is 0 Å². The lowest BCUT2D eigenvalue weighted by molar-refractivity contribution is 0.0585. The number of hydrogen-bond acceptors (Lipinski definition) is 3. The summed E-state index contributed by atoms with van der Waals surface area (Å²) in [6.07, 6.45) is 0.349. The number of nitrogens with zero attached hydrogens (tertiary/aromatic N) is 2. The van der Waals surface area contributed by atoms with E-state index >= 15 is 0 Å². The number of ether oxygens (including phenoxy) is 1. The molecule has 0 amide bonds. The highest BCUT2D eigenvalue weighted by molar-refractivity contribution is 4.58. The molecule has 0 aromatic carbocycles. The molecule has 0 fully saturated rings. The molecule has 0 unspecified atom stereocenters. The van der Waals surface area contributed by atoms with Crippen LogP contribution in [0.1, 0.15) is 27.7 Å². The Morgan fingerprint density at radius 1 is 1.00 bits per heavy atom. The largest absolute Gasteiger partial charge is 0.377 e. The van der Waals surface area contributed by atoms with Gasteiger partial charge in [-0.1, -0.05) is 13.8 Å². The monoisotopic (exact) mass is 216 g/mol. The number of likely N-dealkylation sites (N-methyl/N-ethyl adjacent to an activating group) is 2. The van der Waals surface area contributed by atoms with Crippen molar-refractivity contribution in [3.63, 3.8) is 0 Å². The summed E-state index contributed by atoms with van der Waals surface area (Å²) in [4.78, 5) is 4.78. The van der Waals surface area contributed by atoms with Gasteiger partial charge in [-0.2, -0.15) is 0 Å². The summed E-state index contributed by atoms with van der Waals surface area (Å²) in [6, 6.07) is 0. The molecule has 0 bridgehead atoms. The lowest BCUT2D eigenvalue weighted by atomic mass is 10.4. The van der Waals surface area contributed by atoms with Gasteiger partial charge in [0.05, 0.1) is 12.7 Å². The third-order valence-electron chi connectivity index (χ3n) is 2.64. The summed E-state index contributed by atoms with van der Waals surface area (Å²) >= 11 is 0. The molecule has 0 aromatic heterocycles. The van der Waals surface area contributed by atoms with Crippen molar-refractivity contribution in [2.24, 2.45) is 0 Å². The van der Waals surface area contributed by atoms with Crippen LogP contribution in [0.25, 0.3) is 0 Å². The van der Waals surface area contributed by atoms with E-state index in [0.717, 1.165) is 39.3 Å². The molecule has 0 aliphatic carbocycles. The van der Waals surface area contributed by atoms with Crippen LogP contribution < -0.4 is 0 Å². The van der Waals surface area contributed by atoms with Gasteiger partial charge in [0.25, 0.3) is 0 Å². The zero-order valence-electron chi connectivity index (χ0n) is 11.1. The summed E-state index contributed by atoms with van der Waals surface area (Å²) in [5.41, 5.74) is 0. The van der Waals surface area contributed by atoms with Crippen molar-refractivity contribution in [3.05, 3.63) is 0 Å². The number of hydrogen-bond donors (Lipinski definition) is 0. The number of rotatable bonds is 9. The Morgan fingerprint density at radius 2 is 1.67 bits per heavy atom. The van der Waals surface area contributed by atoms with Gasteiger partial charge in [0.15, 0.2) is 0 Å². The maximum Gasteiger partial charge on any atom is 0.0596 e. The molecule has 0 spiro atoms. The van der Waals surface area contributed by atoms with Crippen LogP contribution in [0.5, 0.6) is 0 Å². The third-order valence-corrected chi connectivity index (χ3v) is 2.64. The average molecular weight is 216 g/mol. The van der Waals surface area contributed by atoms with Crippen LogP contribution in [-0.4, -0.2) is 62.3 Å². The van der Waals surface area contributed by atoms with E-state index in [1.165, 1.54) is 0 Å². The van der Waals surface area contributed by atoms with Crippen LogP contribution in [0.15, 0.2) is 0 Å². The lowest BCUT2D eigenvalue weighted by Gasteiger charge is -2.23. The van der Waals surface area contributed by atoms with Gasteiger partial charge in [-0.3, -0.25) is 0 Å². The van der Waals surface area contributed by atoms with Gasteiger partial charge in [0.1, 0.15) is 0 Å². The van der Waals surface area contributed by atoms with Crippen LogP contribution in [0.3, 0.4) is 0 Å². The summed E-state index contributed by atoms with van der Waals surface area (Å²) in [5.74, 6) is 0. The van der Waals surface area contributed by atoms with Gasteiger partial charge < -0.3 is 14.5 Å². The summed E-state index contributed by atoms with van der Waals surface area (Å²) in [5, 5.41) is 0. The van der Waals surface area contributed by atoms with E-state index in [-0.39, 0.29) is 0 Å². The molecular formula is C12H28N2O. The minimum Gasteiger partial charge on any atom is -0.377 e. The van der Waals surface area contributed by atoms with Crippen molar-refractivity contribution in [1.82, 2.24) is 9.80 Å². The van der Waals surface area contributed by atoms with Crippen molar-refractivity contribution in [2.45, 2.75) is 33.8 Å². The standard InChI is InChI=1S/C12H28N2O/c1-6-13(5)8-9-14(7-2)10-11-15-12(3)4/h12H,6-11H2,1-5H3. The molecule has 15 heavy (non-hydrogen) atoms. The van der Waals surface area contributed by atoms with Gasteiger partial charge in [-0.25, -0.2) is 0 Å². The van der Waals surface area contributed by atoms with Crippen LogP contribution in [-0.2, 0) is 4.74 Å². The first kappa shape index (κ1) is 14.9. The summed E-state index contributed by atoms with van der Waals surface area (Å²) in [6.45, 7) is 15.0. The molecule has 0 aliphatic heterocycles. The predicted octanol–water partition coefficient (Wildman–Crippen LogP) is 1.68. The van der Waals surface area contributed by atoms with Gasteiger partial charge in [0, 0.05) is 19.6 Å². The fourth-order valence-corrected chi connectivity index (χ4v) is 1.32. The van der Waals surface area contributed by atoms with E-state index in [1.54, 1.807) is 0 Å². The van der Waals surface area contributed by atoms with Crippen molar-refractivity contribution >= 4 is 0 Å². The Hall–Kier alpha value is -0.120. The Bertz CT molecular complexity index is 140. The van der Waals surface area contributed by atoms with E-state index < -0.39 is 0 Å². The van der Waals surface area contributed by atoms with Crippen LogP contribution in [0, 0.1) is 0 Å². The molecule has 0 aromatic rings. The van der Waals surface area contributed by atoms with E-state index in [2.05, 4.69) is 44.5 Å². The zero-order valence-corrected chi connectivity index (χ0v) is 11.1. The fourth-order valence-electron chi connectivity index (χ4n) is 1.32. The summed E-state index contributed by atoms with van der Waals surface area (Å²) < 4.78 is 5.55. The Kier molecular flexibility index (Phi) is 9.06.